The van der Waals surface area contributed by atoms with Crippen molar-refractivity contribution >= 4 is 62.3 Å². The van der Waals surface area contributed by atoms with Crippen LogP contribution in [0.5, 0.6) is 0 Å². The van der Waals surface area contributed by atoms with E-state index in [0.717, 1.165) is 4.31 Å². The topological polar surface area (TPSA) is 86.8 Å². The minimum Gasteiger partial charge on any atom is -0.354 e. The number of aryl methyl sites for hydroxylation is 1. The summed E-state index contributed by atoms with van der Waals surface area (Å²) in [5, 5.41) is 3.98. The molecule has 2 amide bonds. The fourth-order valence-corrected chi connectivity index (χ4v) is 6.03. The van der Waals surface area contributed by atoms with Gasteiger partial charge in [-0.05, 0) is 73.4 Å². The van der Waals surface area contributed by atoms with Crippen LogP contribution in [0.3, 0.4) is 0 Å². The molecule has 0 radical (unpaired) electrons. The van der Waals surface area contributed by atoms with Gasteiger partial charge < -0.3 is 10.2 Å². The number of sulfonamides is 1. The van der Waals surface area contributed by atoms with Gasteiger partial charge in [0.15, 0.2) is 0 Å². The molecule has 1 N–H and O–H groups in total. The highest BCUT2D eigenvalue weighted by Gasteiger charge is 2.33. The van der Waals surface area contributed by atoms with Crippen LogP contribution in [0.4, 0.5) is 5.69 Å². The number of para-hydroxylation sites is 1. The smallest absolute Gasteiger partial charge is 0.264 e. The Hall–Kier alpha value is -2.78. The van der Waals surface area contributed by atoms with E-state index in [2.05, 4.69) is 5.32 Å². The maximum atomic E-state index is 14.0. The van der Waals surface area contributed by atoms with Gasteiger partial charge in [0.25, 0.3) is 10.0 Å². The Kier molecular flexibility index (Phi) is 10.9. The van der Waals surface area contributed by atoms with Crippen molar-refractivity contribution in [3.05, 3.63) is 92.9 Å². The van der Waals surface area contributed by atoms with E-state index in [-0.39, 0.29) is 23.3 Å². The van der Waals surface area contributed by atoms with E-state index in [0.29, 0.717) is 38.4 Å². The standard InChI is InChI=1S/C29H32Cl3N3O4S/c1-19(2)16-33-29(37)21(4)34(17-22-9-10-24(31)15-26(22)32)28(36)18-35(27-8-6-5-7-20(27)3)40(38,39)25-13-11-23(30)12-14-25/h5-15,19,21H,16-18H2,1-4H3,(H,33,37)/t21-/m0/s1. The van der Waals surface area contributed by atoms with Gasteiger partial charge in [0, 0.05) is 28.2 Å². The molecule has 0 saturated heterocycles. The number of benzene rings is 3. The van der Waals surface area contributed by atoms with E-state index in [1.165, 1.54) is 29.2 Å². The molecule has 0 aliphatic heterocycles. The van der Waals surface area contributed by atoms with E-state index < -0.39 is 28.5 Å². The molecule has 0 aliphatic carbocycles. The van der Waals surface area contributed by atoms with Crippen LogP contribution in [0.25, 0.3) is 0 Å². The van der Waals surface area contributed by atoms with Gasteiger partial charge in [-0.1, -0.05) is 72.9 Å². The molecule has 0 spiro atoms. The molecule has 7 nitrogen and oxygen atoms in total. The van der Waals surface area contributed by atoms with E-state index in [9.17, 15) is 18.0 Å². The number of rotatable bonds is 11. The highest BCUT2D eigenvalue weighted by Crippen LogP contribution is 2.29. The van der Waals surface area contributed by atoms with Crippen LogP contribution >= 0.6 is 34.8 Å². The van der Waals surface area contributed by atoms with Crippen LogP contribution in [0.1, 0.15) is 31.9 Å². The third-order valence-electron chi connectivity index (χ3n) is 6.27. The monoisotopic (exact) mass is 623 g/mol. The van der Waals surface area contributed by atoms with Crippen molar-refractivity contribution in [2.24, 2.45) is 5.92 Å². The fourth-order valence-electron chi connectivity index (χ4n) is 3.96. The minimum absolute atomic E-state index is 0.0250. The quantitative estimate of drug-likeness (QED) is 0.270. The predicted octanol–water partition coefficient (Wildman–Crippen LogP) is 6.34. The van der Waals surface area contributed by atoms with Crippen LogP contribution in [0.15, 0.2) is 71.6 Å². The van der Waals surface area contributed by atoms with Gasteiger partial charge in [-0.3, -0.25) is 13.9 Å². The van der Waals surface area contributed by atoms with E-state index in [4.69, 9.17) is 34.8 Å². The summed E-state index contributed by atoms with van der Waals surface area (Å²) in [5.41, 5.74) is 1.56. The fraction of sp³-hybridized carbons (Fsp3) is 0.310. The average molecular weight is 625 g/mol. The van der Waals surface area contributed by atoms with Crippen LogP contribution < -0.4 is 9.62 Å². The molecule has 1 atom stereocenters. The Morgan fingerprint density at radius 3 is 2.12 bits per heavy atom. The molecule has 3 aromatic carbocycles. The van der Waals surface area contributed by atoms with Crippen LogP contribution in [-0.2, 0) is 26.2 Å². The van der Waals surface area contributed by atoms with E-state index in [1.807, 2.05) is 13.8 Å². The highest BCUT2D eigenvalue weighted by atomic mass is 35.5. The summed E-state index contributed by atoms with van der Waals surface area (Å²) < 4.78 is 28.8. The van der Waals surface area contributed by atoms with Crippen molar-refractivity contribution in [2.75, 3.05) is 17.4 Å². The Morgan fingerprint density at radius 1 is 0.900 bits per heavy atom. The van der Waals surface area contributed by atoms with Crippen molar-refractivity contribution in [1.29, 1.82) is 0 Å². The lowest BCUT2D eigenvalue weighted by Crippen LogP contribution is -2.51. The number of carbonyl (C=O) groups excluding carboxylic acids is 2. The van der Waals surface area contributed by atoms with Gasteiger partial charge in [-0.15, -0.1) is 0 Å². The predicted molar refractivity (Wildman–Crippen MR) is 161 cm³/mol. The number of anilines is 1. The SMILES string of the molecule is Cc1ccccc1N(CC(=O)N(Cc1ccc(Cl)cc1Cl)[C@@H](C)C(=O)NCC(C)C)S(=O)(=O)c1ccc(Cl)cc1. The molecule has 3 rings (SSSR count). The lowest BCUT2D eigenvalue weighted by molar-refractivity contribution is -0.139. The summed E-state index contributed by atoms with van der Waals surface area (Å²) in [4.78, 5) is 28.4. The summed E-state index contributed by atoms with van der Waals surface area (Å²) >= 11 is 18.5. The third-order valence-corrected chi connectivity index (χ3v) is 8.89. The lowest BCUT2D eigenvalue weighted by Gasteiger charge is -2.32. The van der Waals surface area contributed by atoms with Gasteiger partial charge in [-0.25, -0.2) is 8.42 Å². The maximum absolute atomic E-state index is 14.0. The largest absolute Gasteiger partial charge is 0.354 e. The molecule has 0 aromatic heterocycles. The molecule has 0 bridgehead atoms. The van der Waals surface area contributed by atoms with Gasteiger partial charge >= 0.3 is 0 Å². The van der Waals surface area contributed by atoms with Crippen molar-refractivity contribution in [1.82, 2.24) is 10.2 Å². The van der Waals surface area contributed by atoms with Crippen LogP contribution in [0.2, 0.25) is 15.1 Å². The Bertz CT molecular complexity index is 1460. The lowest BCUT2D eigenvalue weighted by atomic mass is 10.1. The molecular weight excluding hydrogens is 593 g/mol. The molecule has 3 aromatic rings. The average Bonchev–Trinajstić information content (AvgIpc) is 2.90. The molecule has 0 fully saturated rings. The first-order chi connectivity index (χ1) is 18.8. The second kappa shape index (κ2) is 13.7. The molecular formula is C29H32Cl3N3O4S. The summed E-state index contributed by atoms with van der Waals surface area (Å²) in [6, 6.07) is 16.5. The van der Waals surface area contributed by atoms with Crippen molar-refractivity contribution in [2.45, 2.75) is 45.2 Å². The third kappa shape index (κ3) is 7.91. The van der Waals surface area contributed by atoms with Crippen LogP contribution in [0, 0.1) is 12.8 Å². The summed E-state index contributed by atoms with van der Waals surface area (Å²) in [5.74, 6) is -0.749. The van der Waals surface area contributed by atoms with Gasteiger partial charge in [0.2, 0.25) is 11.8 Å². The maximum Gasteiger partial charge on any atom is 0.264 e. The zero-order chi connectivity index (χ0) is 29.6. The molecule has 11 heteroatoms. The van der Waals surface area contributed by atoms with Crippen molar-refractivity contribution in [3.63, 3.8) is 0 Å². The number of amides is 2. The first-order valence-electron chi connectivity index (χ1n) is 12.7. The second-order valence-corrected chi connectivity index (χ2v) is 13.0. The highest BCUT2D eigenvalue weighted by molar-refractivity contribution is 7.92. The van der Waals surface area contributed by atoms with Gasteiger partial charge in [0.05, 0.1) is 10.6 Å². The summed E-state index contributed by atoms with van der Waals surface area (Å²) in [7, 11) is -4.19. The number of nitrogens with zero attached hydrogens (tertiary/aromatic N) is 2. The molecule has 214 valence electrons. The Balaban J connectivity index is 2.05. The van der Waals surface area contributed by atoms with Gasteiger partial charge in [-0.2, -0.15) is 0 Å². The molecule has 40 heavy (non-hydrogen) atoms. The second-order valence-electron chi connectivity index (χ2n) is 9.82. The van der Waals surface area contributed by atoms with E-state index >= 15 is 0 Å². The molecule has 0 aliphatic rings. The number of hydrogen-bond donors (Lipinski definition) is 1. The zero-order valence-electron chi connectivity index (χ0n) is 22.7. The van der Waals surface area contributed by atoms with E-state index in [1.54, 1.807) is 56.3 Å². The zero-order valence-corrected chi connectivity index (χ0v) is 25.8. The first kappa shape index (κ1) is 31.7. The number of carbonyl (C=O) groups is 2. The van der Waals surface area contributed by atoms with Crippen LogP contribution in [-0.4, -0.2) is 44.3 Å². The van der Waals surface area contributed by atoms with Gasteiger partial charge in [0.1, 0.15) is 12.6 Å². The molecule has 0 saturated carbocycles. The Morgan fingerprint density at radius 2 is 1.52 bits per heavy atom. The minimum atomic E-state index is -4.19. The van der Waals surface area contributed by atoms with Crippen molar-refractivity contribution < 1.29 is 18.0 Å². The Labute approximate surface area is 251 Å². The number of nitrogens with one attached hydrogen (secondary N) is 1. The summed E-state index contributed by atoms with van der Waals surface area (Å²) in [6.07, 6.45) is 0. The normalized spacial score (nSPS) is 12.2. The number of hydrogen-bond acceptors (Lipinski definition) is 4. The van der Waals surface area contributed by atoms with Crippen molar-refractivity contribution in [3.8, 4) is 0 Å². The molecule has 0 heterocycles. The molecule has 0 unspecified atom stereocenters. The summed E-state index contributed by atoms with van der Waals surface area (Å²) in [6.45, 7) is 7.12. The number of halogens is 3. The first-order valence-corrected chi connectivity index (χ1v) is 15.2.